The van der Waals surface area contributed by atoms with Gasteiger partial charge in [-0.25, -0.2) is 4.98 Å². The van der Waals surface area contributed by atoms with Crippen molar-refractivity contribution in [3.63, 3.8) is 0 Å². The van der Waals surface area contributed by atoms with Crippen LogP contribution in [0.3, 0.4) is 0 Å². The highest BCUT2D eigenvalue weighted by Crippen LogP contribution is 2.25. The molecule has 5 nitrogen and oxygen atoms in total. The Hall–Kier alpha value is -2.56. The van der Waals surface area contributed by atoms with E-state index < -0.39 is 0 Å². The summed E-state index contributed by atoms with van der Waals surface area (Å²) in [6, 6.07) is 7.73. The number of fused-ring (bicyclic) bond motifs is 1. The molecule has 17 heavy (non-hydrogen) atoms. The summed E-state index contributed by atoms with van der Waals surface area (Å²) in [4.78, 5) is 17.7. The number of benzene rings is 1. The van der Waals surface area contributed by atoms with Crippen LogP contribution in [0.25, 0.3) is 22.6 Å². The number of aromatic amines is 1. The summed E-state index contributed by atoms with van der Waals surface area (Å²) in [6.45, 7) is 0. The number of pyridine rings is 1. The van der Waals surface area contributed by atoms with Gasteiger partial charge in [0.2, 0.25) is 11.4 Å². The molecule has 2 heterocycles. The van der Waals surface area contributed by atoms with Crippen LogP contribution in [0.1, 0.15) is 0 Å². The number of nitrogens with zero attached hydrogens (tertiary/aromatic N) is 1. The van der Waals surface area contributed by atoms with Crippen molar-refractivity contribution in [1.82, 2.24) is 9.97 Å². The lowest BCUT2D eigenvalue weighted by Crippen LogP contribution is -2.01. The van der Waals surface area contributed by atoms with E-state index in [1.54, 1.807) is 12.1 Å². The van der Waals surface area contributed by atoms with Crippen molar-refractivity contribution < 1.29 is 9.52 Å². The zero-order valence-corrected chi connectivity index (χ0v) is 8.68. The second-order valence-electron chi connectivity index (χ2n) is 3.61. The molecule has 0 radical (unpaired) electrons. The molecule has 0 saturated heterocycles. The molecule has 0 bridgehead atoms. The van der Waals surface area contributed by atoms with Gasteiger partial charge in [-0.2, -0.15) is 0 Å². The third-order valence-electron chi connectivity index (χ3n) is 2.40. The molecule has 0 unspecified atom stereocenters. The zero-order chi connectivity index (χ0) is 11.8. The van der Waals surface area contributed by atoms with Crippen molar-refractivity contribution in [2.24, 2.45) is 0 Å². The van der Waals surface area contributed by atoms with E-state index >= 15 is 0 Å². The van der Waals surface area contributed by atoms with Crippen LogP contribution < -0.4 is 5.56 Å². The SMILES string of the molecule is O=c1ccc(-c2nc3cc(O)ccc3o2)c[nH]1. The number of phenolic OH excluding ortho intramolecular Hbond substituents is 1. The Morgan fingerprint density at radius 1 is 1.24 bits per heavy atom. The van der Waals surface area contributed by atoms with E-state index in [1.165, 1.54) is 24.4 Å². The highest BCUT2D eigenvalue weighted by atomic mass is 16.3. The van der Waals surface area contributed by atoms with E-state index in [-0.39, 0.29) is 11.3 Å². The van der Waals surface area contributed by atoms with Gasteiger partial charge in [0.05, 0.1) is 5.56 Å². The van der Waals surface area contributed by atoms with Crippen LogP contribution in [-0.4, -0.2) is 15.1 Å². The third kappa shape index (κ3) is 1.67. The maximum Gasteiger partial charge on any atom is 0.247 e. The number of H-pyrrole nitrogens is 1. The van der Waals surface area contributed by atoms with Gasteiger partial charge < -0.3 is 14.5 Å². The summed E-state index contributed by atoms with van der Waals surface area (Å²) in [5, 5.41) is 9.32. The lowest BCUT2D eigenvalue weighted by molar-refractivity contribution is 0.476. The van der Waals surface area contributed by atoms with Gasteiger partial charge in [-0.1, -0.05) is 0 Å². The van der Waals surface area contributed by atoms with E-state index in [4.69, 9.17) is 4.42 Å². The smallest absolute Gasteiger partial charge is 0.247 e. The fourth-order valence-electron chi connectivity index (χ4n) is 1.58. The fourth-order valence-corrected chi connectivity index (χ4v) is 1.58. The van der Waals surface area contributed by atoms with Crippen LogP contribution >= 0.6 is 0 Å². The molecule has 5 heteroatoms. The van der Waals surface area contributed by atoms with Crippen LogP contribution in [0.4, 0.5) is 0 Å². The fraction of sp³-hybridized carbons (Fsp3) is 0. The first-order chi connectivity index (χ1) is 8.22. The summed E-state index contributed by atoms with van der Waals surface area (Å²) < 4.78 is 5.50. The Balaban J connectivity index is 2.17. The molecule has 0 atom stereocenters. The number of hydrogen-bond acceptors (Lipinski definition) is 4. The topological polar surface area (TPSA) is 79.1 Å². The average Bonchev–Trinajstić information content (AvgIpc) is 2.72. The molecule has 2 aromatic heterocycles. The van der Waals surface area contributed by atoms with Crippen LogP contribution in [0.5, 0.6) is 5.75 Å². The first kappa shape index (κ1) is 9.65. The first-order valence-corrected chi connectivity index (χ1v) is 5.01. The van der Waals surface area contributed by atoms with Gasteiger partial charge in [0.25, 0.3) is 0 Å². The number of phenols is 1. The van der Waals surface area contributed by atoms with Gasteiger partial charge in [-0.05, 0) is 18.2 Å². The Kier molecular flexibility index (Phi) is 1.98. The molecule has 0 spiro atoms. The van der Waals surface area contributed by atoms with Gasteiger partial charge in [0.15, 0.2) is 5.58 Å². The van der Waals surface area contributed by atoms with Crippen molar-refractivity contribution in [3.8, 4) is 17.2 Å². The van der Waals surface area contributed by atoms with Gasteiger partial charge in [-0.15, -0.1) is 0 Å². The predicted molar refractivity (Wildman–Crippen MR) is 61.7 cm³/mol. The van der Waals surface area contributed by atoms with Gasteiger partial charge >= 0.3 is 0 Å². The first-order valence-electron chi connectivity index (χ1n) is 5.01. The van der Waals surface area contributed by atoms with Crippen LogP contribution in [-0.2, 0) is 0 Å². The summed E-state index contributed by atoms with van der Waals surface area (Å²) in [5.74, 6) is 0.542. The molecule has 3 aromatic rings. The average molecular weight is 228 g/mol. The highest BCUT2D eigenvalue weighted by molar-refractivity contribution is 5.77. The summed E-state index contributed by atoms with van der Waals surface area (Å²) in [6.07, 6.45) is 1.53. The van der Waals surface area contributed by atoms with Crippen LogP contribution in [0, 0.1) is 0 Å². The Morgan fingerprint density at radius 2 is 2.12 bits per heavy atom. The van der Waals surface area contributed by atoms with E-state index in [2.05, 4.69) is 9.97 Å². The predicted octanol–water partition coefficient (Wildman–Crippen LogP) is 1.89. The van der Waals surface area contributed by atoms with Crippen molar-refractivity contribution in [1.29, 1.82) is 0 Å². The molecular weight excluding hydrogens is 220 g/mol. The van der Waals surface area contributed by atoms with Crippen molar-refractivity contribution in [3.05, 3.63) is 46.9 Å². The standard InChI is InChI=1S/C12H8N2O3/c15-8-2-3-10-9(5-8)14-12(17-10)7-1-4-11(16)13-6-7/h1-6,15H,(H,13,16). The van der Waals surface area contributed by atoms with Crippen molar-refractivity contribution in [2.45, 2.75) is 0 Å². The molecule has 0 amide bonds. The molecule has 0 aliphatic carbocycles. The van der Waals surface area contributed by atoms with E-state index in [0.29, 0.717) is 22.6 Å². The minimum atomic E-state index is -0.178. The quantitative estimate of drug-likeness (QED) is 0.666. The maximum absolute atomic E-state index is 10.9. The molecular formula is C12H8N2O3. The summed E-state index contributed by atoms with van der Waals surface area (Å²) in [7, 11) is 0. The monoisotopic (exact) mass is 228 g/mol. The number of nitrogens with one attached hydrogen (secondary N) is 1. The maximum atomic E-state index is 10.9. The Morgan fingerprint density at radius 3 is 2.88 bits per heavy atom. The molecule has 0 saturated carbocycles. The molecule has 3 rings (SSSR count). The lowest BCUT2D eigenvalue weighted by Gasteiger charge is -1.91. The molecule has 2 N–H and O–H groups in total. The highest BCUT2D eigenvalue weighted by Gasteiger charge is 2.08. The largest absolute Gasteiger partial charge is 0.508 e. The van der Waals surface area contributed by atoms with Crippen LogP contribution in [0.15, 0.2) is 45.7 Å². The minimum absolute atomic E-state index is 0.138. The molecule has 0 fully saturated rings. The number of rotatable bonds is 1. The third-order valence-corrected chi connectivity index (χ3v) is 2.40. The normalized spacial score (nSPS) is 10.8. The molecule has 0 aliphatic rings. The van der Waals surface area contributed by atoms with E-state index in [9.17, 15) is 9.90 Å². The summed E-state index contributed by atoms with van der Waals surface area (Å²) >= 11 is 0. The molecule has 1 aromatic carbocycles. The minimum Gasteiger partial charge on any atom is -0.508 e. The van der Waals surface area contributed by atoms with E-state index in [0.717, 1.165) is 0 Å². The second-order valence-corrected chi connectivity index (χ2v) is 3.61. The zero-order valence-electron chi connectivity index (χ0n) is 8.68. The van der Waals surface area contributed by atoms with Gasteiger partial charge in [0, 0.05) is 18.3 Å². The molecule has 0 aliphatic heterocycles. The van der Waals surface area contributed by atoms with Crippen molar-refractivity contribution in [2.75, 3.05) is 0 Å². The second kappa shape index (κ2) is 3.48. The Bertz CT molecular complexity index is 722. The molecule has 84 valence electrons. The van der Waals surface area contributed by atoms with Crippen molar-refractivity contribution >= 4 is 11.1 Å². The van der Waals surface area contributed by atoms with Gasteiger partial charge in [-0.3, -0.25) is 4.79 Å². The summed E-state index contributed by atoms with van der Waals surface area (Å²) in [5.41, 5.74) is 1.66. The number of aromatic nitrogens is 2. The lowest BCUT2D eigenvalue weighted by atomic mass is 10.3. The van der Waals surface area contributed by atoms with Crippen LogP contribution in [0.2, 0.25) is 0 Å². The number of oxazole rings is 1. The van der Waals surface area contributed by atoms with Gasteiger partial charge in [0.1, 0.15) is 11.3 Å². The number of hydrogen-bond donors (Lipinski definition) is 2. The Labute approximate surface area is 95.4 Å². The van der Waals surface area contributed by atoms with E-state index in [1.807, 2.05) is 0 Å². The number of aromatic hydroxyl groups is 1.